The van der Waals surface area contributed by atoms with Gasteiger partial charge in [0.05, 0.1) is 11.0 Å². The molecule has 1 aliphatic heterocycles. The Morgan fingerprint density at radius 3 is 2.54 bits per heavy atom. The number of nitro groups is 1. The highest BCUT2D eigenvalue weighted by molar-refractivity contribution is 5.81. The zero-order valence-corrected chi connectivity index (χ0v) is 15.5. The molecular formula is C18H27N5O3. The number of piperazine rings is 1. The maximum absolute atomic E-state index is 12.5. The van der Waals surface area contributed by atoms with Crippen LogP contribution in [-0.2, 0) is 4.79 Å². The fourth-order valence-electron chi connectivity index (χ4n) is 3.79. The van der Waals surface area contributed by atoms with Crippen LogP contribution in [0.5, 0.6) is 0 Å². The quantitative estimate of drug-likeness (QED) is 0.636. The van der Waals surface area contributed by atoms with Gasteiger partial charge in [0.1, 0.15) is 12.0 Å². The molecule has 0 aromatic carbocycles. The van der Waals surface area contributed by atoms with Crippen molar-refractivity contribution in [2.45, 2.75) is 51.6 Å². The van der Waals surface area contributed by atoms with Crippen LogP contribution in [0.1, 0.15) is 38.2 Å². The van der Waals surface area contributed by atoms with E-state index in [-0.39, 0.29) is 17.6 Å². The number of carbonyl (C=O) groups is 1. The van der Waals surface area contributed by atoms with Crippen molar-refractivity contribution < 1.29 is 9.72 Å². The molecule has 1 unspecified atom stereocenters. The summed E-state index contributed by atoms with van der Waals surface area (Å²) in [6.07, 6.45) is 5.93. The standard InChI is InChI=1S/C18H27N5O3/c1-13-11-17(19-12-16(13)23(25)26)22-9-7-21(8-10-22)14(2)18(24)20-15-5-3-4-6-15/h11-12,14-15H,3-10H2,1-2H3,(H,20,24). The van der Waals surface area contributed by atoms with E-state index in [0.29, 0.717) is 11.6 Å². The Morgan fingerprint density at radius 2 is 1.96 bits per heavy atom. The maximum atomic E-state index is 12.5. The molecule has 1 aromatic rings. The van der Waals surface area contributed by atoms with E-state index in [2.05, 4.69) is 20.1 Å². The van der Waals surface area contributed by atoms with Gasteiger partial charge in [-0.25, -0.2) is 4.98 Å². The Labute approximate surface area is 153 Å². The van der Waals surface area contributed by atoms with Crippen molar-refractivity contribution in [2.75, 3.05) is 31.1 Å². The lowest BCUT2D eigenvalue weighted by Crippen LogP contribution is -2.55. The summed E-state index contributed by atoms with van der Waals surface area (Å²) in [5.41, 5.74) is 0.663. The lowest BCUT2D eigenvalue weighted by atomic mass is 10.1. The molecule has 26 heavy (non-hydrogen) atoms. The minimum atomic E-state index is -0.408. The largest absolute Gasteiger partial charge is 0.354 e. The number of hydrogen-bond donors (Lipinski definition) is 1. The third-order valence-electron chi connectivity index (χ3n) is 5.53. The van der Waals surface area contributed by atoms with Gasteiger partial charge in [-0.1, -0.05) is 12.8 Å². The Balaban J connectivity index is 1.54. The van der Waals surface area contributed by atoms with Gasteiger partial charge < -0.3 is 10.2 Å². The Kier molecular flexibility index (Phi) is 5.70. The van der Waals surface area contributed by atoms with Crippen LogP contribution in [0, 0.1) is 17.0 Å². The van der Waals surface area contributed by atoms with Gasteiger partial charge in [0, 0.05) is 37.8 Å². The smallest absolute Gasteiger partial charge is 0.290 e. The van der Waals surface area contributed by atoms with Crippen LogP contribution in [0.4, 0.5) is 11.5 Å². The first-order valence-electron chi connectivity index (χ1n) is 9.36. The molecule has 142 valence electrons. The molecule has 1 aliphatic carbocycles. The first-order valence-corrected chi connectivity index (χ1v) is 9.36. The van der Waals surface area contributed by atoms with E-state index in [1.807, 2.05) is 6.92 Å². The predicted octanol–water partition coefficient (Wildman–Crippen LogP) is 1.87. The number of amides is 1. The first kappa shape index (κ1) is 18.6. The molecule has 1 N–H and O–H groups in total. The minimum Gasteiger partial charge on any atom is -0.354 e. The number of pyridine rings is 1. The average molecular weight is 361 g/mol. The second-order valence-electron chi connectivity index (χ2n) is 7.28. The molecule has 2 fully saturated rings. The summed E-state index contributed by atoms with van der Waals surface area (Å²) in [5, 5.41) is 14.1. The molecule has 0 radical (unpaired) electrons. The lowest BCUT2D eigenvalue weighted by Gasteiger charge is -2.38. The second-order valence-corrected chi connectivity index (χ2v) is 7.28. The molecule has 1 saturated heterocycles. The molecule has 8 nitrogen and oxygen atoms in total. The topological polar surface area (TPSA) is 91.6 Å². The van der Waals surface area contributed by atoms with Crippen LogP contribution in [0.15, 0.2) is 12.3 Å². The van der Waals surface area contributed by atoms with Gasteiger partial charge in [-0.2, -0.15) is 0 Å². The van der Waals surface area contributed by atoms with E-state index in [4.69, 9.17) is 0 Å². The molecule has 1 amide bonds. The molecule has 3 rings (SSSR count). The second kappa shape index (κ2) is 7.99. The van der Waals surface area contributed by atoms with Gasteiger partial charge in [-0.05, 0) is 32.8 Å². The van der Waals surface area contributed by atoms with Gasteiger partial charge in [-0.3, -0.25) is 19.8 Å². The van der Waals surface area contributed by atoms with Crippen LogP contribution < -0.4 is 10.2 Å². The van der Waals surface area contributed by atoms with Crippen LogP contribution in [0.3, 0.4) is 0 Å². The Hall–Kier alpha value is -2.22. The number of aromatic nitrogens is 1. The summed E-state index contributed by atoms with van der Waals surface area (Å²) in [6, 6.07) is 1.98. The number of nitrogens with zero attached hydrogens (tertiary/aromatic N) is 4. The fourth-order valence-corrected chi connectivity index (χ4v) is 3.79. The van der Waals surface area contributed by atoms with Crippen LogP contribution in [0.2, 0.25) is 0 Å². The molecule has 2 heterocycles. The zero-order valence-electron chi connectivity index (χ0n) is 15.5. The van der Waals surface area contributed by atoms with E-state index in [1.165, 1.54) is 19.0 Å². The molecule has 1 aromatic heterocycles. The molecule has 1 atom stereocenters. The Bertz CT molecular complexity index is 667. The number of carbonyl (C=O) groups excluding carboxylic acids is 1. The van der Waals surface area contributed by atoms with E-state index in [9.17, 15) is 14.9 Å². The summed E-state index contributed by atoms with van der Waals surface area (Å²) in [5.74, 6) is 0.880. The molecule has 0 spiro atoms. The zero-order chi connectivity index (χ0) is 18.7. The van der Waals surface area contributed by atoms with Crippen molar-refractivity contribution in [3.63, 3.8) is 0 Å². The van der Waals surface area contributed by atoms with Crippen molar-refractivity contribution >= 4 is 17.4 Å². The highest BCUT2D eigenvalue weighted by Crippen LogP contribution is 2.23. The number of anilines is 1. The van der Waals surface area contributed by atoms with Crippen LogP contribution >= 0.6 is 0 Å². The molecule has 8 heteroatoms. The minimum absolute atomic E-state index is 0.0459. The van der Waals surface area contributed by atoms with Crippen molar-refractivity contribution in [1.82, 2.24) is 15.2 Å². The Morgan fingerprint density at radius 1 is 1.31 bits per heavy atom. The van der Waals surface area contributed by atoms with Gasteiger partial charge in [0.15, 0.2) is 0 Å². The van der Waals surface area contributed by atoms with Crippen LogP contribution in [0.25, 0.3) is 0 Å². The SMILES string of the molecule is Cc1cc(N2CCN(C(C)C(=O)NC3CCCC3)CC2)ncc1[N+](=O)[O-]. The van der Waals surface area contributed by atoms with Crippen molar-refractivity contribution in [2.24, 2.45) is 0 Å². The van der Waals surface area contributed by atoms with Gasteiger partial charge in [-0.15, -0.1) is 0 Å². The maximum Gasteiger partial charge on any atom is 0.290 e. The molecule has 1 saturated carbocycles. The third-order valence-corrected chi connectivity index (χ3v) is 5.53. The van der Waals surface area contributed by atoms with Gasteiger partial charge in [0.25, 0.3) is 5.69 Å². The van der Waals surface area contributed by atoms with Gasteiger partial charge in [0.2, 0.25) is 5.91 Å². The summed E-state index contributed by atoms with van der Waals surface area (Å²) in [6.45, 7) is 6.76. The molecule has 2 aliphatic rings. The number of nitrogens with one attached hydrogen (secondary N) is 1. The monoisotopic (exact) mass is 361 g/mol. The summed E-state index contributed by atoms with van der Waals surface area (Å²) in [4.78, 5) is 31.5. The van der Waals surface area contributed by atoms with Crippen molar-refractivity contribution in [3.05, 3.63) is 27.9 Å². The summed E-state index contributed by atoms with van der Waals surface area (Å²) >= 11 is 0. The van der Waals surface area contributed by atoms with Crippen molar-refractivity contribution in [1.29, 1.82) is 0 Å². The highest BCUT2D eigenvalue weighted by atomic mass is 16.6. The molecular weight excluding hydrogens is 334 g/mol. The number of hydrogen-bond acceptors (Lipinski definition) is 6. The van der Waals surface area contributed by atoms with Crippen molar-refractivity contribution in [3.8, 4) is 0 Å². The third kappa shape index (κ3) is 4.12. The summed E-state index contributed by atoms with van der Waals surface area (Å²) in [7, 11) is 0. The summed E-state index contributed by atoms with van der Waals surface area (Å²) < 4.78 is 0. The number of rotatable bonds is 5. The predicted molar refractivity (Wildman–Crippen MR) is 99.3 cm³/mol. The molecule has 0 bridgehead atoms. The van der Waals surface area contributed by atoms with Crippen LogP contribution in [-0.4, -0.2) is 59.0 Å². The van der Waals surface area contributed by atoms with E-state index in [0.717, 1.165) is 44.8 Å². The van der Waals surface area contributed by atoms with E-state index < -0.39 is 4.92 Å². The van der Waals surface area contributed by atoms with Gasteiger partial charge >= 0.3 is 0 Å². The lowest BCUT2D eigenvalue weighted by molar-refractivity contribution is -0.385. The normalized spacial score (nSPS) is 20.2. The van der Waals surface area contributed by atoms with E-state index >= 15 is 0 Å². The fraction of sp³-hybridized carbons (Fsp3) is 0.667. The highest BCUT2D eigenvalue weighted by Gasteiger charge is 2.28. The first-order chi connectivity index (χ1) is 12.5. The average Bonchev–Trinajstić information content (AvgIpc) is 3.13. The van der Waals surface area contributed by atoms with E-state index in [1.54, 1.807) is 13.0 Å². The number of aryl methyl sites for hydroxylation is 1.